The summed E-state index contributed by atoms with van der Waals surface area (Å²) >= 11 is 0. The third-order valence-electron chi connectivity index (χ3n) is 3.08. The lowest BCUT2D eigenvalue weighted by Gasteiger charge is -2.37. The van der Waals surface area contributed by atoms with Crippen LogP contribution < -0.4 is 5.32 Å². The second kappa shape index (κ2) is 8.07. The van der Waals surface area contributed by atoms with Gasteiger partial charge in [0.2, 0.25) is 0 Å². The van der Waals surface area contributed by atoms with E-state index in [0.29, 0.717) is 31.8 Å². The van der Waals surface area contributed by atoms with Crippen molar-refractivity contribution in [3.05, 3.63) is 0 Å². The van der Waals surface area contributed by atoms with E-state index in [9.17, 15) is 5.11 Å². The van der Waals surface area contributed by atoms with Gasteiger partial charge in [-0.15, -0.1) is 0 Å². The van der Waals surface area contributed by atoms with Crippen LogP contribution in [0, 0.1) is 0 Å². The Balaban J connectivity index is 2.20. The van der Waals surface area contributed by atoms with E-state index in [1.807, 2.05) is 6.92 Å². The van der Waals surface area contributed by atoms with Gasteiger partial charge in [-0.05, 0) is 20.8 Å². The highest BCUT2D eigenvalue weighted by Gasteiger charge is 2.22. The largest absolute Gasteiger partial charge is 0.389 e. The second-order valence-corrected chi connectivity index (χ2v) is 5.44. The first-order valence-electron chi connectivity index (χ1n) is 6.78. The number of ether oxygens (including phenoxy) is 2. The molecule has 0 aromatic heterocycles. The fraction of sp³-hybridized carbons (Fsp3) is 1.00. The van der Waals surface area contributed by atoms with Crippen LogP contribution in [-0.2, 0) is 9.47 Å². The minimum absolute atomic E-state index is 0.0329. The minimum Gasteiger partial charge on any atom is -0.389 e. The molecule has 0 aromatic carbocycles. The Kier molecular flexibility index (Phi) is 7.11. The molecule has 0 amide bonds. The summed E-state index contributed by atoms with van der Waals surface area (Å²) in [6, 6.07) is 0.962. The summed E-state index contributed by atoms with van der Waals surface area (Å²) < 4.78 is 10.5. The smallest absolute Gasteiger partial charge is 0.0900 e. The number of aliphatic hydroxyl groups excluding tert-OH is 1. The zero-order valence-electron chi connectivity index (χ0n) is 12.1. The van der Waals surface area contributed by atoms with Gasteiger partial charge in [0.25, 0.3) is 0 Å². The number of rotatable bonds is 7. The number of hydrogen-bond donors (Lipinski definition) is 2. The van der Waals surface area contributed by atoms with Crippen LogP contribution in [0.4, 0.5) is 0 Å². The van der Waals surface area contributed by atoms with E-state index < -0.39 is 6.10 Å². The first kappa shape index (κ1) is 15.9. The predicted octanol–water partition coefficient (Wildman–Crippen LogP) is 0.0810. The lowest BCUT2D eigenvalue weighted by atomic mass is 10.1. The SMILES string of the molecule is COCC(C)OCC(O)CN1CC(C)NC(C)C1. The zero-order valence-corrected chi connectivity index (χ0v) is 12.1. The summed E-state index contributed by atoms with van der Waals surface area (Å²) in [7, 11) is 1.65. The average molecular weight is 260 g/mol. The van der Waals surface area contributed by atoms with Gasteiger partial charge in [0.1, 0.15) is 0 Å². The van der Waals surface area contributed by atoms with E-state index in [-0.39, 0.29) is 6.10 Å². The first-order chi connectivity index (χ1) is 8.51. The van der Waals surface area contributed by atoms with Crippen LogP contribution in [-0.4, -0.2) is 74.3 Å². The molecule has 0 aliphatic carbocycles. The van der Waals surface area contributed by atoms with Crippen LogP contribution in [0.15, 0.2) is 0 Å². The summed E-state index contributed by atoms with van der Waals surface area (Å²) in [5.74, 6) is 0. The molecule has 0 radical (unpaired) electrons. The number of hydrogen-bond acceptors (Lipinski definition) is 5. The maximum atomic E-state index is 9.96. The van der Waals surface area contributed by atoms with E-state index in [1.165, 1.54) is 0 Å². The molecule has 0 aromatic rings. The molecule has 1 fully saturated rings. The van der Waals surface area contributed by atoms with Crippen molar-refractivity contribution in [2.75, 3.05) is 40.0 Å². The normalized spacial score (nSPS) is 29.2. The van der Waals surface area contributed by atoms with Crippen LogP contribution in [0.25, 0.3) is 0 Å². The molecule has 1 rings (SSSR count). The average Bonchev–Trinajstić information content (AvgIpc) is 2.25. The molecular weight excluding hydrogens is 232 g/mol. The number of nitrogens with zero attached hydrogens (tertiary/aromatic N) is 1. The van der Waals surface area contributed by atoms with Gasteiger partial charge in [-0.25, -0.2) is 0 Å². The van der Waals surface area contributed by atoms with E-state index in [1.54, 1.807) is 7.11 Å². The van der Waals surface area contributed by atoms with Crippen LogP contribution in [0.2, 0.25) is 0 Å². The van der Waals surface area contributed by atoms with Crippen molar-refractivity contribution >= 4 is 0 Å². The van der Waals surface area contributed by atoms with Gasteiger partial charge in [-0.3, -0.25) is 4.90 Å². The van der Waals surface area contributed by atoms with Gasteiger partial charge in [-0.1, -0.05) is 0 Å². The second-order valence-electron chi connectivity index (χ2n) is 5.44. The third-order valence-corrected chi connectivity index (χ3v) is 3.08. The topological polar surface area (TPSA) is 54.0 Å². The van der Waals surface area contributed by atoms with Crippen molar-refractivity contribution in [2.24, 2.45) is 0 Å². The highest BCUT2D eigenvalue weighted by atomic mass is 16.5. The Hall–Kier alpha value is -0.200. The Morgan fingerprint density at radius 2 is 1.89 bits per heavy atom. The lowest BCUT2D eigenvalue weighted by molar-refractivity contribution is -0.0422. The van der Waals surface area contributed by atoms with Crippen molar-refractivity contribution in [3.8, 4) is 0 Å². The molecule has 18 heavy (non-hydrogen) atoms. The molecule has 1 saturated heterocycles. The van der Waals surface area contributed by atoms with Gasteiger partial charge in [0, 0.05) is 38.8 Å². The molecule has 5 heteroatoms. The fourth-order valence-electron chi connectivity index (χ4n) is 2.50. The summed E-state index contributed by atoms with van der Waals surface area (Å²) in [5, 5.41) is 13.4. The molecule has 108 valence electrons. The lowest BCUT2D eigenvalue weighted by Crippen LogP contribution is -2.55. The zero-order chi connectivity index (χ0) is 13.5. The number of β-amino-alcohol motifs (C(OH)–C–C–N with tert-alkyl or cyclic N) is 1. The highest BCUT2D eigenvalue weighted by Crippen LogP contribution is 2.05. The van der Waals surface area contributed by atoms with Gasteiger partial charge < -0.3 is 19.9 Å². The molecule has 0 spiro atoms. The van der Waals surface area contributed by atoms with E-state index in [4.69, 9.17) is 9.47 Å². The Bertz CT molecular complexity index is 218. The Morgan fingerprint density at radius 1 is 1.28 bits per heavy atom. The van der Waals surface area contributed by atoms with Crippen LogP contribution in [0.1, 0.15) is 20.8 Å². The third kappa shape index (κ3) is 6.11. The molecular formula is C13H28N2O3. The summed E-state index contributed by atoms with van der Waals surface area (Å²) in [5.41, 5.74) is 0. The van der Waals surface area contributed by atoms with Crippen LogP contribution in [0.3, 0.4) is 0 Å². The van der Waals surface area contributed by atoms with Crippen molar-refractivity contribution in [1.29, 1.82) is 0 Å². The summed E-state index contributed by atoms with van der Waals surface area (Å²) in [6.07, 6.45) is -0.396. The van der Waals surface area contributed by atoms with Gasteiger partial charge in [0.05, 0.1) is 25.4 Å². The fourth-order valence-corrected chi connectivity index (χ4v) is 2.50. The molecule has 4 atom stereocenters. The molecule has 2 N–H and O–H groups in total. The predicted molar refractivity (Wildman–Crippen MR) is 71.8 cm³/mol. The summed E-state index contributed by atoms with van der Waals surface area (Å²) in [6.45, 7) is 9.87. The molecule has 1 heterocycles. The van der Waals surface area contributed by atoms with Crippen molar-refractivity contribution in [2.45, 2.75) is 45.1 Å². The molecule has 0 saturated carbocycles. The van der Waals surface area contributed by atoms with E-state index in [2.05, 4.69) is 24.1 Å². The minimum atomic E-state index is -0.429. The Morgan fingerprint density at radius 3 is 2.44 bits per heavy atom. The maximum Gasteiger partial charge on any atom is 0.0900 e. The molecule has 4 unspecified atom stereocenters. The molecule has 1 aliphatic rings. The number of methoxy groups -OCH3 is 1. The first-order valence-corrected chi connectivity index (χ1v) is 6.78. The highest BCUT2D eigenvalue weighted by molar-refractivity contribution is 4.82. The van der Waals surface area contributed by atoms with Crippen LogP contribution >= 0.6 is 0 Å². The molecule has 5 nitrogen and oxygen atoms in total. The standard InChI is InChI=1S/C13H28N2O3/c1-10-5-15(6-11(2)14-10)7-13(16)9-18-12(3)8-17-4/h10-14,16H,5-9H2,1-4H3. The molecule has 1 aliphatic heterocycles. The summed E-state index contributed by atoms with van der Waals surface area (Å²) in [4.78, 5) is 2.29. The number of aliphatic hydroxyl groups is 1. The quantitative estimate of drug-likeness (QED) is 0.679. The Labute approximate surface area is 110 Å². The number of nitrogens with one attached hydrogen (secondary N) is 1. The maximum absolute atomic E-state index is 9.96. The van der Waals surface area contributed by atoms with E-state index in [0.717, 1.165) is 13.1 Å². The van der Waals surface area contributed by atoms with Gasteiger partial charge in [-0.2, -0.15) is 0 Å². The molecule has 0 bridgehead atoms. The van der Waals surface area contributed by atoms with Crippen LogP contribution in [0.5, 0.6) is 0 Å². The van der Waals surface area contributed by atoms with Crippen molar-refractivity contribution < 1.29 is 14.6 Å². The van der Waals surface area contributed by atoms with Gasteiger partial charge >= 0.3 is 0 Å². The van der Waals surface area contributed by atoms with E-state index >= 15 is 0 Å². The number of piperazine rings is 1. The van der Waals surface area contributed by atoms with Gasteiger partial charge in [0.15, 0.2) is 0 Å². The van der Waals surface area contributed by atoms with Crippen molar-refractivity contribution in [3.63, 3.8) is 0 Å². The van der Waals surface area contributed by atoms with Crippen molar-refractivity contribution in [1.82, 2.24) is 10.2 Å². The monoisotopic (exact) mass is 260 g/mol.